The molecular formula is C24H27N5O4. The highest BCUT2D eigenvalue weighted by atomic mass is 16.5. The van der Waals surface area contributed by atoms with E-state index in [0.29, 0.717) is 30.0 Å². The zero-order valence-corrected chi connectivity index (χ0v) is 19.0. The topological polar surface area (TPSA) is 97.1 Å². The lowest BCUT2D eigenvalue weighted by Crippen LogP contribution is -2.48. The summed E-state index contributed by atoms with van der Waals surface area (Å²) in [5.74, 6) is 0.680. The van der Waals surface area contributed by atoms with E-state index in [0.717, 1.165) is 30.0 Å². The molecular weight excluding hydrogens is 422 g/mol. The van der Waals surface area contributed by atoms with Gasteiger partial charge in [-0.3, -0.25) is 14.2 Å². The normalized spacial score (nSPS) is 15.0. The maximum atomic E-state index is 11.9. The number of hydrogen-bond acceptors (Lipinski definition) is 7. The van der Waals surface area contributed by atoms with Gasteiger partial charge in [-0.2, -0.15) is 0 Å². The molecule has 1 aliphatic heterocycles. The van der Waals surface area contributed by atoms with E-state index in [9.17, 15) is 14.5 Å². The molecule has 172 valence electrons. The van der Waals surface area contributed by atoms with Crippen molar-refractivity contribution >= 4 is 28.4 Å². The van der Waals surface area contributed by atoms with Crippen molar-refractivity contribution in [2.24, 2.45) is 5.18 Å². The zero-order chi connectivity index (χ0) is 23.5. The van der Waals surface area contributed by atoms with Crippen LogP contribution in [0.2, 0.25) is 0 Å². The number of carbonyl (C=O) groups is 2. The molecule has 1 aliphatic rings. The van der Waals surface area contributed by atoms with Crippen molar-refractivity contribution in [3.05, 3.63) is 58.8 Å². The van der Waals surface area contributed by atoms with Crippen molar-refractivity contribution in [2.45, 2.75) is 26.5 Å². The molecule has 1 unspecified atom stereocenters. The van der Waals surface area contributed by atoms with Crippen molar-refractivity contribution in [1.82, 2.24) is 14.5 Å². The third-order valence-corrected chi connectivity index (χ3v) is 6.06. The number of benzene rings is 2. The van der Waals surface area contributed by atoms with Crippen molar-refractivity contribution in [3.8, 4) is 5.69 Å². The molecule has 0 radical (unpaired) electrons. The number of carbonyl (C=O) groups excluding carboxylic acids is 2. The number of Topliss-reactive ketones (excluding diaryl/α,β-unsaturated/α-hetero) is 1. The molecule has 3 aromatic rings. The molecule has 0 aliphatic carbocycles. The van der Waals surface area contributed by atoms with Gasteiger partial charge < -0.3 is 14.5 Å². The standard InChI is InChI=1S/C24H27N5O4/c1-16(30)18-7-8-22-21(13-18)25-23(15-24(26-32)33-3)29(22)20-6-4-5-19(14-20)28-11-9-27(10-12-28)17(2)31/h4-8,13-14,24H,9-12,15H2,1-3H3. The number of rotatable bonds is 7. The number of fused-ring (bicyclic) bond motifs is 1. The van der Waals surface area contributed by atoms with Crippen LogP contribution in [-0.2, 0) is 16.0 Å². The van der Waals surface area contributed by atoms with E-state index < -0.39 is 6.23 Å². The highest BCUT2D eigenvalue weighted by Gasteiger charge is 2.21. The Balaban J connectivity index is 1.75. The summed E-state index contributed by atoms with van der Waals surface area (Å²) in [6.45, 7) is 6.00. The number of amides is 1. The highest BCUT2D eigenvalue weighted by Crippen LogP contribution is 2.27. The first-order chi connectivity index (χ1) is 15.9. The summed E-state index contributed by atoms with van der Waals surface area (Å²) >= 11 is 0. The van der Waals surface area contributed by atoms with E-state index in [2.05, 4.69) is 16.1 Å². The number of ether oxygens (including phenoxy) is 1. The molecule has 1 atom stereocenters. The summed E-state index contributed by atoms with van der Waals surface area (Å²) in [5.41, 5.74) is 4.00. The summed E-state index contributed by atoms with van der Waals surface area (Å²) in [4.78, 5) is 43.5. The van der Waals surface area contributed by atoms with Crippen LogP contribution in [0.4, 0.5) is 5.69 Å². The van der Waals surface area contributed by atoms with E-state index in [-0.39, 0.29) is 18.1 Å². The summed E-state index contributed by atoms with van der Waals surface area (Å²) in [7, 11) is 1.44. The molecule has 0 bridgehead atoms. The van der Waals surface area contributed by atoms with E-state index in [1.807, 2.05) is 33.7 Å². The molecule has 0 saturated carbocycles. The second-order valence-corrected chi connectivity index (χ2v) is 8.14. The lowest BCUT2D eigenvalue weighted by Gasteiger charge is -2.35. The van der Waals surface area contributed by atoms with Gasteiger partial charge in [0.15, 0.2) is 12.0 Å². The SMILES string of the molecule is COC(Cc1nc2cc(C(C)=O)ccc2n1-c1cccc(N2CCN(C(C)=O)CC2)c1)N=O. The van der Waals surface area contributed by atoms with Gasteiger partial charge in [0, 0.05) is 57.2 Å². The van der Waals surface area contributed by atoms with Gasteiger partial charge in [-0.15, -0.1) is 4.91 Å². The molecule has 2 aromatic carbocycles. The van der Waals surface area contributed by atoms with Gasteiger partial charge in [-0.05, 0) is 48.5 Å². The molecule has 33 heavy (non-hydrogen) atoms. The highest BCUT2D eigenvalue weighted by molar-refractivity contribution is 5.97. The maximum Gasteiger partial charge on any atom is 0.219 e. The Morgan fingerprint density at radius 3 is 2.42 bits per heavy atom. The fourth-order valence-electron chi connectivity index (χ4n) is 4.20. The van der Waals surface area contributed by atoms with Crippen LogP contribution in [0.5, 0.6) is 0 Å². The van der Waals surface area contributed by atoms with Crippen molar-refractivity contribution in [1.29, 1.82) is 0 Å². The Labute approximate surface area is 191 Å². The Morgan fingerprint density at radius 1 is 1.06 bits per heavy atom. The molecule has 1 fully saturated rings. The van der Waals surface area contributed by atoms with Gasteiger partial charge in [0.2, 0.25) is 5.91 Å². The summed E-state index contributed by atoms with van der Waals surface area (Å²) in [6, 6.07) is 13.5. The van der Waals surface area contributed by atoms with Crippen molar-refractivity contribution in [3.63, 3.8) is 0 Å². The fourth-order valence-corrected chi connectivity index (χ4v) is 4.20. The number of hydrogen-bond donors (Lipinski definition) is 0. The van der Waals surface area contributed by atoms with Crippen LogP contribution in [0.15, 0.2) is 47.6 Å². The second kappa shape index (κ2) is 9.50. The number of methoxy groups -OCH3 is 1. The lowest BCUT2D eigenvalue weighted by atomic mass is 10.1. The zero-order valence-electron chi connectivity index (χ0n) is 19.0. The van der Waals surface area contributed by atoms with Gasteiger partial charge in [-0.1, -0.05) is 6.07 Å². The second-order valence-electron chi connectivity index (χ2n) is 8.14. The van der Waals surface area contributed by atoms with Crippen LogP contribution < -0.4 is 4.90 Å². The molecule has 0 N–H and O–H groups in total. The number of anilines is 1. The maximum absolute atomic E-state index is 11.9. The first-order valence-corrected chi connectivity index (χ1v) is 10.9. The van der Waals surface area contributed by atoms with Crippen molar-refractivity contribution in [2.75, 3.05) is 38.2 Å². The first kappa shape index (κ1) is 22.6. The van der Waals surface area contributed by atoms with Crippen LogP contribution in [0, 0.1) is 4.91 Å². The van der Waals surface area contributed by atoms with Crippen LogP contribution in [-0.4, -0.2) is 65.7 Å². The Bertz CT molecular complexity index is 1200. The van der Waals surface area contributed by atoms with E-state index in [1.165, 1.54) is 14.0 Å². The van der Waals surface area contributed by atoms with Crippen LogP contribution in [0.1, 0.15) is 30.0 Å². The van der Waals surface area contributed by atoms with Crippen LogP contribution >= 0.6 is 0 Å². The number of aromatic nitrogens is 2. The summed E-state index contributed by atoms with van der Waals surface area (Å²) < 4.78 is 7.15. The third-order valence-electron chi connectivity index (χ3n) is 6.06. The Hall–Kier alpha value is -3.59. The van der Waals surface area contributed by atoms with Crippen LogP contribution in [0.25, 0.3) is 16.7 Å². The average Bonchev–Trinajstić information content (AvgIpc) is 3.19. The monoisotopic (exact) mass is 449 g/mol. The largest absolute Gasteiger partial charge is 0.368 e. The Kier molecular flexibility index (Phi) is 6.50. The van der Waals surface area contributed by atoms with E-state index >= 15 is 0 Å². The summed E-state index contributed by atoms with van der Waals surface area (Å²) in [5, 5.41) is 3.04. The van der Waals surface area contributed by atoms with Gasteiger partial charge in [0.25, 0.3) is 0 Å². The molecule has 9 nitrogen and oxygen atoms in total. The van der Waals surface area contributed by atoms with Gasteiger partial charge in [-0.25, -0.2) is 4.98 Å². The first-order valence-electron chi connectivity index (χ1n) is 10.9. The van der Waals surface area contributed by atoms with E-state index in [4.69, 9.17) is 9.72 Å². The van der Waals surface area contributed by atoms with Gasteiger partial charge >= 0.3 is 0 Å². The predicted octanol–water partition coefficient (Wildman–Crippen LogP) is 3.18. The fraction of sp³-hybridized carbons (Fsp3) is 0.375. The predicted molar refractivity (Wildman–Crippen MR) is 126 cm³/mol. The molecule has 1 aromatic heterocycles. The molecule has 1 saturated heterocycles. The molecule has 4 rings (SSSR count). The summed E-state index contributed by atoms with van der Waals surface area (Å²) in [6.07, 6.45) is -0.665. The molecule has 0 spiro atoms. The molecule has 2 heterocycles. The number of ketones is 1. The number of nitroso groups, excluding NO2 is 1. The van der Waals surface area contributed by atoms with E-state index in [1.54, 1.807) is 19.1 Å². The Morgan fingerprint density at radius 2 is 1.79 bits per heavy atom. The average molecular weight is 450 g/mol. The van der Waals surface area contributed by atoms with Crippen LogP contribution in [0.3, 0.4) is 0 Å². The minimum absolute atomic E-state index is 0.0379. The number of nitrogens with zero attached hydrogens (tertiary/aromatic N) is 5. The molecule has 9 heteroatoms. The van der Waals surface area contributed by atoms with Gasteiger partial charge in [0.1, 0.15) is 5.82 Å². The van der Waals surface area contributed by atoms with Gasteiger partial charge in [0.05, 0.1) is 17.5 Å². The minimum Gasteiger partial charge on any atom is -0.368 e. The number of piperazine rings is 1. The smallest absolute Gasteiger partial charge is 0.219 e. The molecule has 1 amide bonds. The van der Waals surface area contributed by atoms with Crippen molar-refractivity contribution < 1.29 is 14.3 Å². The minimum atomic E-state index is -0.865. The number of imidazole rings is 1. The lowest BCUT2D eigenvalue weighted by molar-refractivity contribution is -0.129. The quantitative estimate of drug-likeness (QED) is 0.406. The third kappa shape index (κ3) is 4.63.